The van der Waals surface area contributed by atoms with E-state index in [0.717, 1.165) is 92.4 Å². The number of nitrogens with zero attached hydrogens (tertiary/aromatic N) is 2. The van der Waals surface area contributed by atoms with Gasteiger partial charge in [0.1, 0.15) is 11.5 Å². The average Bonchev–Trinajstić information content (AvgIpc) is 2.97. The Hall–Kier alpha value is -4.58. The fraction of sp³-hybridized carbons (Fsp3) is 0.188. The molecule has 0 saturated heterocycles. The summed E-state index contributed by atoms with van der Waals surface area (Å²) in [4.78, 5) is 9.71. The van der Waals surface area contributed by atoms with Crippen LogP contribution in [0.1, 0.15) is 12.8 Å². The normalized spacial score (nSPS) is 11.3. The van der Waals surface area contributed by atoms with Gasteiger partial charge in [-0.3, -0.25) is 0 Å². The predicted octanol–water partition coefficient (Wildman–Crippen LogP) is 7.41. The van der Waals surface area contributed by atoms with Crippen molar-refractivity contribution in [2.75, 3.05) is 37.9 Å². The third-order valence-corrected chi connectivity index (χ3v) is 6.98. The molecule has 0 aliphatic rings. The highest BCUT2D eigenvalue weighted by molar-refractivity contribution is 6.08. The van der Waals surface area contributed by atoms with E-state index in [9.17, 15) is 0 Å². The molecule has 2 N–H and O–H groups in total. The number of hydrogen-bond acceptors (Lipinski definition) is 6. The van der Waals surface area contributed by atoms with Gasteiger partial charge in [0, 0.05) is 46.8 Å². The van der Waals surface area contributed by atoms with Gasteiger partial charge in [-0.05, 0) is 49.2 Å². The summed E-state index contributed by atoms with van der Waals surface area (Å²) in [7, 11) is 3.37. The SMILES string of the molecule is COc1ccc2c(NCCCCNc3c4ccccc4nc4cc(OC)ccc34)c3ccccc3nc2c1. The molecule has 6 nitrogen and oxygen atoms in total. The van der Waals surface area contributed by atoms with Crippen LogP contribution in [0, 0.1) is 0 Å². The minimum Gasteiger partial charge on any atom is -0.497 e. The number of anilines is 2. The van der Waals surface area contributed by atoms with Crippen LogP contribution in [-0.4, -0.2) is 37.3 Å². The molecule has 0 amide bonds. The molecular weight excluding hydrogens is 472 g/mol. The van der Waals surface area contributed by atoms with Crippen molar-refractivity contribution in [3.05, 3.63) is 84.9 Å². The standard InChI is InChI=1S/C32H30N4O2/c1-37-21-13-15-25-29(19-21)35-27-11-5-3-9-23(27)31(25)33-17-7-8-18-34-32-24-10-4-6-12-28(24)36-30-20-22(38-2)14-16-26(30)32/h3-6,9-16,19-20H,7-8,17-18H2,1-2H3,(H,33,35)(H,34,36). The maximum Gasteiger partial charge on any atom is 0.121 e. The number of aromatic nitrogens is 2. The van der Waals surface area contributed by atoms with E-state index in [-0.39, 0.29) is 0 Å². The minimum atomic E-state index is 0.812. The van der Waals surface area contributed by atoms with Crippen molar-refractivity contribution in [2.45, 2.75) is 12.8 Å². The van der Waals surface area contributed by atoms with Crippen molar-refractivity contribution in [3.8, 4) is 11.5 Å². The molecule has 0 unspecified atom stereocenters. The van der Waals surface area contributed by atoms with E-state index in [2.05, 4.69) is 59.2 Å². The molecule has 0 aliphatic heterocycles. The second kappa shape index (κ2) is 10.4. The third kappa shape index (κ3) is 4.50. The quantitative estimate of drug-likeness (QED) is 0.158. The zero-order valence-corrected chi connectivity index (χ0v) is 21.6. The van der Waals surface area contributed by atoms with Crippen molar-refractivity contribution < 1.29 is 9.47 Å². The van der Waals surface area contributed by atoms with Crippen LogP contribution < -0.4 is 20.1 Å². The number of pyridine rings is 2. The lowest BCUT2D eigenvalue weighted by molar-refractivity contribution is 0.415. The molecular formula is C32H30N4O2. The Bertz CT molecular complexity index is 1640. The zero-order valence-electron chi connectivity index (χ0n) is 21.6. The Labute approximate surface area is 221 Å². The molecule has 6 heteroatoms. The lowest BCUT2D eigenvalue weighted by Crippen LogP contribution is -2.08. The fourth-order valence-electron chi connectivity index (χ4n) is 5.06. The van der Waals surface area contributed by atoms with Crippen LogP contribution >= 0.6 is 0 Å². The molecule has 6 rings (SSSR count). The average molecular weight is 503 g/mol. The van der Waals surface area contributed by atoms with Crippen LogP contribution in [-0.2, 0) is 0 Å². The number of fused-ring (bicyclic) bond motifs is 4. The van der Waals surface area contributed by atoms with Crippen LogP contribution in [0.15, 0.2) is 84.9 Å². The summed E-state index contributed by atoms with van der Waals surface area (Å²) in [5, 5.41) is 11.9. The molecule has 0 aliphatic carbocycles. The van der Waals surface area contributed by atoms with Gasteiger partial charge in [-0.15, -0.1) is 0 Å². The number of unbranched alkanes of at least 4 members (excludes halogenated alkanes) is 1. The lowest BCUT2D eigenvalue weighted by atomic mass is 10.1. The monoisotopic (exact) mass is 502 g/mol. The molecule has 2 aromatic heterocycles. The Morgan fingerprint density at radius 3 is 1.39 bits per heavy atom. The van der Waals surface area contributed by atoms with Gasteiger partial charge >= 0.3 is 0 Å². The fourth-order valence-corrected chi connectivity index (χ4v) is 5.06. The van der Waals surface area contributed by atoms with E-state index in [1.807, 2.05) is 36.4 Å². The molecule has 6 aromatic rings. The van der Waals surface area contributed by atoms with Crippen molar-refractivity contribution in [2.24, 2.45) is 0 Å². The van der Waals surface area contributed by atoms with Crippen LogP contribution in [0.2, 0.25) is 0 Å². The Morgan fingerprint density at radius 2 is 0.947 bits per heavy atom. The molecule has 38 heavy (non-hydrogen) atoms. The summed E-state index contributed by atoms with van der Waals surface area (Å²) in [6.07, 6.45) is 2.05. The van der Waals surface area contributed by atoms with E-state index < -0.39 is 0 Å². The maximum atomic E-state index is 5.42. The van der Waals surface area contributed by atoms with Gasteiger partial charge in [-0.1, -0.05) is 36.4 Å². The summed E-state index contributed by atoms with van der Waals surface area (Å²) in [5.74, 6) is 1.62. The van der Waals surface area contributed by atoms with Crippen LogP contribution in [0.5, 0.6) is 11.5 Å². The molecule has 0 fully saturated rings. The molecule has 0 saturated carbocycles. The maximum absolute atomic E-state index is 5.42. The van der Waals surface area contributed by atoms with E-state index in [4.69, 9.17) is 19.4 Å². The summed E-state index contributed by atoms with van der Waals surface area (Å²) < 4.78 is 10.8. The number of hydrogen-bond donors (Lipinski definition) is 2. The van der Waals surface area contributed by atoms with Crippen molar-refractivity contribution >= 4 is 55.0 Å². The highest BCUT2D eigenvalue weighted by atomic mass is 16.5. The van der Waals surface area contributed by atoms with Gasteiger partial charge in [0.25, 0.3) is 0 Å². The number of ether oxygens (including phenoxy) is 2. The first-order valence-electron chi connectivity index (χ1n) is 13.0. The van der Waals surface area contributed by atoms with Gasteiger partial charge in [-0.25, -0.2) is 9.97 Å². The van der Waals surface area contributed by atoms with Gasteiger partial charge in [0.2, 0.25) is 0 Å². The van der Waals surface area contributed by atoms with Crippen LogP contribution in [0.3, 0.4) is 0 Å². The smallest absolute Gasteiger partial charge is 0.121 e. The number of rotatable bonds is 9. The topological polar surface area (TPSA) is 68.3 Å². The van der Waals surface area contributed by atoms with Crippen LogP contribution in [0.4, 0.5) is 11.4 Å². The predicted molar refractivity (Wildman–Crippen MR) is 158 cm³/mol. The van der Waals surface area contributed by atoms with E-state index >= 15 is 0 Å². The highest BCUT2D eigenvalue weighted by Crippen LogP contribution is 2.34. The van der Waals surface area contributed by atoms with Crippen molar-refractivity contribution in [1.82, 2.24) is 9.97 Å². The molecule has 4 aromatic carbocycles. The largest absolute Gasteiger partial charge is 0.497 e. The molecule has 0 spiro atoms. The van der Waals surface area contributed by atoms with E-state index in [1.165, 1.54) is 0 Å². The second-order valence-corrected chi connectivity index (χ2v) is 9.33. The second-order valence-electron chi connectivity index (χ2n) is 9.33. The van der Waals surface area contributed by atoms with Gasteiger partial charge < -0.3 is 20.1 Å². The Balaban J connectivity index is 1.18. The first kappa shape index (κ1) is 23.8. The molecule has 0 radical (unpaired) electrons. The number of nitrogens with one attached hydrogen (secondary N) is 2. The first-order chi connectivity index (χ1) is 18.7. The van der Waals surface area contributed by atoms with Crippen molar-refractivity contribution in [1.29, 1.82) is 0 Å². The number of para-hydroxylation sites is 2. The summed E-state index contributed by atoms with van der Waals surface area (Å²) in [5.41, 5.74) is 6.07. The molecule has 2 heterocycles. The summed E-state index contributed by atoms with van der Waals surface area (Å²) in [6, 6.07) is 28.7. The van der Waals surface area contributed by atoms with Crippen molar-refractivity contribution in [3.63, 3.8) is 0 Å². The first-order valence-corrected chi connectivity index (χ1v) is 13.0. The van der Waals surface area contributed by atoms with Gasteiger partial charge in [-0.2, -0.15) is 0 Å². The lowest BCUT2D eigenvalue weighted by Gasteiger charge is -2.15. The Kier molecular flexibility index (Phi) is 6.53. The molecule has 0 bridgehead atoms. The zero-order chi connectivity index (χ0) is 25.9. The minimum absolute atomic E-state index is 0.812. The van der Waals surface area contributed by atoms with E-state index in [0.29, 0.717) is 0 Å². The van der Waals surface area contributed by atoms with E-state index in [1.54, 1.807) is 14.2 Å². The third-order valence-electron chi connectivity index (χ3n) is 6.98. The van der Waals surface area contributed by atoms with Gasteiger partial charge in [0.15, 0.2) is 0 Å². The van der Waals surface area contributed by atoms with Gasteiger partial charge in [0.05, 0.1) is 47.7 Å². The Morgan fingerprint density at radius 1 is 0.526 bits per heavy atom. The number of benzene rings is 4. The molecule has 0 atom stereocenters. The molecule has 190 valence electrons. The summed E-state index contributed by atoms with van der Waals surface area (Å²) in [6.45, 7) is 1.73. The highest BCUT2D eigenvalue weighted by Gasteiger charge is 2.11. The summed E-state index contributed by atoms with van der Waals surface area (Å²) >= 11 is 0. The van der Waals surface area contributed by atoms with Crippen LogP contribution in [0.25, 0.3) is 43.6 Å². The number of methoxy groups -OCH3 is 2.